The molecule has 5 rings (SSSR count). The largest absolute Gasteiger partial charge is 0.485 e. The molecule has 35 heavy (non-hydrogen) atoms. The van der Waals surface area contributed by atoms with Crippen LogP contribution in [-0.2, 0) is 17.8 Å². The van der Waals surface area contributed by atoms with E-state index >= 15 is 0 Å². The number of fused-ring (bicyclic) bond motifs is 2. The summed E-state index contributed by atoms with van der Waals surface area (Å²) in [6.07, 6.45) is 1.97. The third-order valence-electron chi connectivity index (χ3n) is 6.25. The normalized spacial score (nSPS) is 16.8. The number of aromatic nitrogens is 2. The number of carboxylic acids is 1. The van der Waals surface area contributed by atoms with Crippen LogP contribution in [0.3, 0.4) is 0 Å². The highest BCUT2D eigenvalue weighted by molar-refractivity contribution is 5.95. The van der Waals surface area contributed by atoms with Crippen molar-refractivity contribution >= 4 is 17.5 Å². The van der Waals surface area contributed by atoms with E-state index in [2.05, 4.69) is 10.3 Å². The van der Waals surface area contributed by atoms with E-state index in [1.165, 1.54) is 12.1 Å². The fourth-order valence-corrected chi connectivity index (χ4v) is 4.57. The molecule has 0 aliphatic heterocycles. The number of carbonyl (C=O) groups is 2. The van der Waals surface area contributed by atoms with Crippen LogP contribution in [0.15, 0.2) is 60.8 Å². The molecular formula is C26H21F2N3O4. The second-order valence-electron chi connectivity index (χ2n) is 8.41. The predicted molar refractivity (Wildman–Crippen MR) is 122 cm³/mol. The first-order valence-corrected chi connectivity index (χ1v) is 11.0. The Hall–Kier alpha value is -4.27. The zero-order valence-corrected chi connectivity index (χ0v) is 18.7. The Morgan fingerprint density at radius 2 is 1.94 bits per heavy atom. The van der Waals surface area contributed by atoms with Crippen LogP contribution in [0.5, 0.6) is 5.75 Å². The summed E-state index contributed by atoms with van der Waals surface area (Å²) in [7, 11) is 0. The number of carboxylic acid groups (broad SMARTS) is 1. The quantitative estimate of drug-likeness (QED) is 0.434. The highest BCUT2D eigenvalue weighted by Gasteiger charge is 2.38. The van der Waals surface area contributed by atoms with E-state index in [-0.39, 0.29) is 23.6 Å². The van der Waals surface area contributed by atoms with Crippen molar-refractivity contribution in [3.63, 3.8) is 0 Å². The second-order valence-corrected chi connectivity index (χ2v) is 8.41. The fourth-order valence-electron chi connectivity index (χ4n) is 4.57. The molecule has 1 aliphatic rings. The first-order chi connectivity index (χ1) is 16.8. The molecule has 2 heterocycles. The molecule has 1 amide bonds. The first-order valence-electron chi connectivity index (χ1n) is 11.0. The third-order valence-corrected chi connectivity index (χ3v) is 6.25. The molecule has 2 aromatic heterocycles. The number of carbonyl (C=O) groups excluding carboxylic acids is 1. The molecule has 2 aromatic carbocycles. The van der Waals surface area contributed by atoms with Gasteiger partial charge in [-0.05, 0) is 42.7 Å². The van der Waals surface area contributed by atoms with E-state index in [4.69, 9.17) is 4.74 Å². The Morgan fingerprint density at radius 3 is 2.74 bits per heavy atom. The lowest BCUT2D eigenvalue weighted by molar-refractivity contribution is -0.142. The topological polar surface area (TPSA) is 92.9 Å². The molecule has 0 fully saturated rings. The summed E-state index contributed by atoms with van der Waals surface area (Å²) < 4.78 is 34.8. The van der Waals surface area contributed by atoms with Crippen LogP contribution >= 0.6 is 0 Å². The third kappa shape index (κ3) is 3.99. The van der Waals surface area contributed by atoms with Crippen LogP contribution in [-0.4, -0.2) is 26.4 Å². The number of hydrogen-bond donors (Lipinski definition) is 2. The van der Waals surface area contributed by atoms with Crippen LogP contribution in [0.4, 0.5) is 8.78 Å². The highest BCUT2D eigenvalue weighted by Crippen LogP contribution is 2.36. The van der Waals surface area contributed by atoms with Crippen molar-refractivity contribution in [3.05, 3.63) is 101 Å². The zero-order chi connectivity index (χ0) is 24.7. The standard InChI is InChI=1S/C26H21F2N3O4/c1-14-23(25(32)30-22-17-8-3-2-6-15(17)12-18(22)26(33)34)31-11-5-10-20(24(31)29-14)35-13-16-7-4-9-19(27)21(16)28/h2-11,18,22H,12-13H2,1H3,(H,30,32)(H,33,34)/t18-,22-/m1/s1. The molecule has 178 valence electrons. The monoisotopic (exact) mass is 477 g/mol. The van der Waals surface area contributed by atoms with Gasteiger partial charge in [0.15, 0.2) is 23.0 Å². The Bertz CT molecular complexity index is 1470. The molecule has 0 unspecified atom stereocenters. The number of benzene rings is 2. The lowest BCUT2D eigenvalue weighted by atomic mass is 10.0. The number of amides is 1. The number of aryl methyl sites for hydroxylation is 1. The average Bonchev–Trinajstić information content (AvgIpc) is 3.37. The minimum Gasteiger partial charge on any atom is -0.485 e. The molecule has 0 radical (unpaired) electrons. The van der Waals surface area contributed by atoms with Gasteiger partial charge in [-0.2, -0.15) is 0 Å². The van der Waals surface area contributed by atoms with Gasteiger partial charge in [0, 0.05) is 11.8 Å². The van der Waals surface area contributed by atoms with Crippen LogP contribution in [0.2, 0.25) is 0 Å². The number of nitrogens with zero attached hydrogens (tertiary/aromatic N) is 2. The summed E-state index contributed by atoms with van der Waals surface area (Å²) in [6, 6.07) is 13.8. The molecule has 7 nitrogen and oxygen atoms in total. The van der Waals surface area contributed by atoms with Gasteiger partial charge in [-0.3, -0.25) is 14.0 Å². The Labute approximate surface area is 199 Å². The maximum absolute atomic E-state index is 14.0. The molecule has 1 aliphatic carbocycles. The number of imidazole rings is 1. The molecule has 0 spiro atoms. The van der Waals surface area contributed by atoms with Gasteiger partial charge in [0.1, 0.15) is 12.3 Å². The Morgan fingerprint density at radius 1 is 1.14 bits per heavy atom. The van der Waals surface area contributed by atoms with Gasteiger partial charge in [0.25, 0.3) is 5.91 Å². The van der Waals surface area contributed by atoms with E-state index < -0.39 is 35.5 Å². The molecule has 0 bridgehead atoms. The number of aliphatic carboxylic acids is 1. The molecule has 9 heteroatoms. The highest BCUT2D eigenvalue weighted by atomic mass is 19.2. The molecule has 0 saturated heterocycles. The van der Waals surface area contributed by atoms with Crippen molar-refractivity contribution in [1.29, 1.82) is 0 Å². The van der Waals surface area contributed by atoms with Crippen molar-refractivity contribution in [2.45, 2.75) is 26.0 Å². The lowest BCUT2D eigenvalue weighted by Crippen LogP contribution is -2.35. The molecule has 4 aromatic rings. The molecule has 2 N–H and O–H groups in total. The van der Waals surface area contributed by atoms with Crippen molar-refractivity contribution in [2.75, 3.05) is 0 Å². The summed E-state index contributed by atoms with van der Waals surface area (Å²) in [5.41, 5.74) is 2.69. The van der Waals surface area contributed by atoms with E-state index in [1.807, 2.05) is 24.3 Å². The van der Waals surface area contributed by atoms with Crippen LogP contribution in [0.1, 0.15) is 38.9 Å². The van der Waals surface area contributed by atoms with Gasteiger partial charge in [0.2, 0.25) is 0 Å². The summed E-state index contributed by atoms with van der Waals surface area (Å²) >= 11 is 0. The smallest absolute Gasteiger partial charge is 0.309 e. The number of rotatable bonds is 6. The summed E-state index contributed by atoms with van der Waals surface area (Å²) in [5, 5.41) is 12.6. The molecular weight excluding hydrogens is 456 g/mol. The lowest BCUT2D eigenvalue weighted by Gasteiger charge is -2.19. The molecule has 2 atom stereocenters. The van der Waals surface area contributed by atoms with Crippen LogP contribution in [0, 0.1) is 24.5 Å². The number of halogens is 2. The maximum atomic E-state index is 14.0. The second kappa shape index (κ2) is 8.83. The van der Waals surface area contributed by atoms with Gasteiger partial charge in [-0.25, -0.2) is 13.8 Å². The average molecular weight is 477 g/mol. The van der Waals surface area contributed by atoms with Crippen molar-refractivity contribution in [1.82, 2.24) is 14.7 Å². The van der Waals surface area contributed by atoms with E-state index in [1.54, 1.807) is 29.7 Å². The Kier molecular flexibility index (Phi) is 5.68. The minimum absolute atomic E-state index is 0.0489. The number of nitrogens with one attached hydrogen (secondary N) is 1. The van der Waals surface area contributed by atoms with Crippen LogP contribution < -0.4 is 10.1 Å². The summed E-state index contributed by atoms with van der Waals surface area (Å²) in [6.45, 7) is 1.44. The molecule has 0 saturated carbocycles. The van der Waals surface area contributed by atoms with Gasteiger partial charge in [-0.1, -0.05) is 36.4 Å². The van der Waals surface area contributed by atoms with Gasteiger partial charge in [-0.15, -0.1) is 0 Å². The number of ether oxygens (including phenoxy) is 1. The maximum Gasteiger partial charge on any atom is 0.309 e. The SMILES string of the molecule is Cc1nc2c(OCc3cccc(F)c3F)cccn2c1C(=O)N[C@@H]1c2ccccc2C[C@H]1C(=O)O. The predicted octanol–water partition coefficient (Wildman–Crippen LogP) is 4.23. The number of pyridine rings is 1. The first kappa shape index (κ1) is 22.5. The van der Waals surface area contributed by atoms with E-state index in [9.17, 15) is 23.5 Å². The van der Waals surface area contributed by atoms with Gasteiger partial charge >= 0.3 is 5.97 Å². The van der Waals surface area contributed by atoms with Crippen molar-refractivity contribution in [2.24, 2.45) is 5.92 Å². The minimum atomic E-state index is -0.985. The summed E-state index contributed by atoms with van der Waals surface area (Å²) in [5.74, 6) is -3.90. The summed E-state index contributed by atoms with van der Waals surface area (Å²) in [4.78, 5) is 29.7. The Balaban J connectivity index is 1.44. The van der Waals surface area contributed by atoms with Gasteiger partial charge in [0.05, 0.1) is 17.7 Å². The van der Waals surface area contributed by atoms with Gasteiger partial charge < -0.3 is 15.2 Å². The van der Waals surface area contributed by atoms with Crippen LogP contribution in [0.25, 0.3) is 5.65 Å². The fraction of sp³-hybridized carbons (Fsp3) is 0.192. The van der Waals surface area contributed by atoms with Crippen molar-refractivity contribution in [3.8, 4) is 5.75 Å². The van der Waals surface area contributed by atoms with E-state index in [0.29, 0.717) is 17.8 Å². The zero-order valence-electron chi connectivity index (χ0n) is 18.7. The van der Waals surface area contributed by atoms with Crippen molar-refractivity contribution < 1.29 is 28.2 Å². The van der Waals surface area contributed by atoms with E-state index in [0.717, 1.165) is 17.2 Å². The number of hydrogen-bond acceptors (Lipinski definition) is 4.